The Morgan fingerprint density at radius 1 is 0.616 bits per heavy atom. The van der Waals surface area contributed by atoms with Gasteiger partial charge in [-0.1, -0.05) is 39.3 Å². The Morgan fingerprint density at radius 3 is 1.67 bits per heavy atom. The van der Waals surface area contributed by atoms with Gasteiger partial charge in [0, 0.05) is 12.8 Å². The van der Waals surface area contributed by atoms with Crippen LogP contribution in [0.2, 0.25) is 0 Å². The van der Waals surface area contributed by atoms with Gasteiger partial charge in [-0.3, -0.25) is 9.35 Å². The summed E-state index contributed by atoms with van der Waals surface area (Å²) in [5.41, 5.74) is -1.30. The molecule has 0 bridgehead atoms. The van der Waals surface area contributed by atoms with Crippen molar-refractivity contribution in [1.29, 1.82) is 0 Å². The van der Waals surface area contributed by atoms with E-state index < -0.39 is 205 Å². The van der Waals surface area contributed by atoms with Crippen molar-refractivity contribution >= 4 is 16.2 Å². The zero-order valence-corrected chi connectivity index (χ0v) is 50.8. The van der Waals surface area contributed by atoms with Crippen molar-refractivity contribution in [3.05, 3.63) is 11.6 Å². The monoisotopic (exact) mass is 1260 g/mol. The molecule has 3 saturated carbocycles. The Balaban J connectivity index is 1.00. The number of ketones is 1. The number of ether oxygens (including phenoxy) is 10. The van der Waals surface area contributed by atoms with Gasteiger partial charge < -0.3 is 114 Å². The van der Waals surface area contributed by atoms with Crippen molar-refractivity contribution in [3.63, 3.8) is 0 Å². The maximum atomic E-state index is 13.2. The quantitative estimate of drug-likeness (QED) is 0.0507. The second-order valence-electron chi connectivity index (χ2n) is 27.1. The highest BCUT2D eigenvalue weighted by Crippen LogP contribution is 2.67. The molecule has 29 heteroatoms. The highest BCUT2D eigenvalue weighted by Gasteiger charge is 2.64. The van der Waals surface area contributed by atoms with E-state index in [0.717, 1.165) is 5.57 Å². The van der Waals surface area contributed by atoms with E-state index in [1.807, 2.05) is 13.8 Å². The molecule has 5 saturated heterocycles. The third-order valence-corrected chi connectivity index (χ3v) is 21.1. The van der Waals surface area contributed by atoms with E-state index in [9.17, 15) is 84.1 Å². The first-order chi connectivity index (χ1) is 40.1. The van der Waals surface area contributed by atoms with Crippen LogP contribution in [0.25, 0.3) is 0 Å². The molecule has 28 nitrogen and oxygen atoms in total. The summed E-state index contributed by atoms with van der Waals surface area (Å²) >= 11 is 0. The Bertz CT molecular complexity index is 2460. The molecule has 9 aliphatic rings. The Labute approximate surface area is 500 Å². The molecular weight excluding hydrogens is 1160 g/mol. The topological polar surface area (TPSA) is 436 Å². The van der Waals surface area contributed by atoms with Crippen LogP contribution in [-0.4, -0.2) is 263 Å². The van der Waals surface area contributed by atoms with Gasteiger partial charge in [-0.2, -0.15) is 8.42 Å². The molecule has 5 aliphatic heterocycles. The molecule has 0 unspecified atom stereocenters. The van der Waals surface area contributed by atoms with E-state index in [-0.39, 0.29) is 48.7 Å². The summed E-state index contributed by atoms with van der Waals surface area (Å²) in [5, 5.41) is 147. The van der Waals surface area contributed by atoms with Gasteiger partial charge in [0.15, 0.2) is 31.5 Å². The molecule has 0 aromatic rings. The summed E-state index contributed by atoms with van der Waals surface area (Å²) in [6.07, 6.45) is -39.1. The highest BCUT2D eigenvalue weighted by atomic mass is 32.3. The van der Waals surface area contributed by atoms with Crippen LogP contribution in [-0.2, 0) is 66.7 Å². The maximum Gasteiger partial charge on any atom is 0.397 e. The number of allylic oxidation sites excluding steroid dienone is 2. The van der Waals surface area contributed by atoms with Crippen LogP contribution < -0.4 is 0 Å². The molecule has 14 N–H and O–H groups in total. The summed E-state index contributed by atoms with van der Waals surface area (Å²) < 4.78 is 101. The van der Waals surface area contributed by atoms with Crippen LogP contribution in [0.5, 0.6) is 0 Å². The number of hydrogen-bond acceptors (Lipinski definition) is 27. The highest BCUT2D eigenvalue weighted by molar-refractivity contribution is 7.80. The van der Waals surface area contributed by atoms with Crippen molar-refractivity contribution in [2.45, 2.75) is 291 Å². The third-order valence-electron chi connectivity index (χ3n) is 20.6. The zero-order chi connectivity index (χ0) is 63.2. The predicted molar refractivity (Wildman–Crippen MR) is 290 cm³/mol. The zero-order valence-electron chi connectivity index (χ0n) is 50.0. The molecule has 4 aliphatic carbocycles. The van der Waals surface area contributed by atoms with Gasteiger partial charge in [0.1, 0.15) is 103 Å². The number of carbonyl (C=O) groups excluding carboxylic acids is 1. The number of carbonyl (C=O) groups is 1. The van der Waals surface area contributed by atoms with E-state index in [4.69, 9.17) is 51.6 Å². The first kappa shape index (κ1) is 68.7. The van der Waals surface area contributed by atoms with Crippen molar-refractivity contribution in [3.8, 4) is 0 Å². The van der Waals surface area contributed by atoms with E-state index >= 15 is 0 Å². The molecular formula is C57H94O28S. The molecule has 8 fully saturated rings. The maximum absolute atomic E-state index is 13.2. The van der Waals surface area contributed by atoms with Crippen LogP contribution in [0, 0.1) is 40.4 Å². The van der Waals surface area contributed by atoms with Gasteiger partial charge in [-0.25, -0.2) is 4.18 Å². The summed E-state index contributed by atoms with van der Waals surface area (Å²) in [7, 11) is -4.90. The van der Waals surface area contributed by atoms with E-state index in [1.54, 1.807) is 6.92 Å². The number of aliphatic hydroxyl groups excluding tert-OH is 12. The Hall–Kier alpha value is -1.64. The molecule has 9 rings (SSSR count). The molecule has 0 aromatic heterocycles. The molecule has 34 atom stereocenters. The van der Waals surface area contributed by atoms with Crippen LogP contribution in [0.1, 0.15) is 120 Å². The lowest BCUT2D eigenvalue weighted by atomic mass is 9.47. The van der Waals surface area contributed by atoms with Gasteiger partial charge in [0.05, 0.1) is 48.8 Å². The fourth-order valence-electron chi connectivity index (χ4n) is 16.0. The van der Waals surface area contributed by atoms with Crippen LogP contribution in [0.15, 0.2) is 11.6 Å². The number of hydrogen-bond donors (Lipinski definition) is 14. The number of rotatable bonds is 18. The SMILES string of the molecule is CC(C)CC(=O)C[C@](C)(O)[C@H]1CC[C@H]2[C@@H]3C[C@H](O[C@@H]4O[C@H](C)[C@@H](O)[C@H](O[C@@H]5O[C@H](CO)[C@@H](O[C@@H]6O[C@H](C)[C@@H](O)[C@H](O)[C@H]6O[C@@H]6O[C@H](C)[C@H](O)[C@H](O)[C@H]6O)[C@H](O)[C@H]5O[C@@H]5O[C@H](C)[C@@H](O)[C@H](O)[C@H]5O)[C@H]4O)[C@H]4C[C@@H](OS(=O)(=O)O)CC[C@]4(C)C3=CC[C@@]21C. The molecule has 0 aromatic carbocycles. The lowest BCUT2D eigenvalue weighted by molar-refractivity contribution is -0.408. The van der Waals surface area contributed by atoms with E-state index in [2.05, 4.69) is 19.9 Å². The van der Waals surface area contributed by atoms with Gasteiger partial charge >= 0.3 is 10.4 Å². The smallest absolute Gasteiger partial charge is 0.394 e. The number of fused-ring (bicyclic) bond motifs is 5. The minimum Gasteiger partial charge on any atom is -0.394 e. The van der Waals surface area contributed by atoms with Crippen molar-refractivity contribution < 1.29 is 136 Å². The summed E-state index contributed by atoms with van der Waals surface area (Å²) in [6.45, 7) is 14.5. The first-order valence-electron chi connectivity index (χ1n) is 30.3. The molecule has 496 valence electrons. The second-order valence-corrected chi connectivity index (χ2v) is 28.1. The fraction of sp³-hybridized carbons (Fsp3) is 0.947. The van der Waals surface area contributed by atoms with Crippen LogP contribution in [0.3, 0.4) is 0 Å². The Morgan fingerprint density at radius 2 is 1.12 bits per heavy atom. The summed E-state index contributed by atoms with van der Waals surface area (Å²) in [6, 6.07) is 0. The first-order valence-corrected chi connectivity index (χ1v) is 31.7. The minimum atomic E-state index is -4.90. The largest absolute Gasteiger partial charge is 0.397 e. The van der Waals surface area contributed by atoms with Gasteiger partial charge in [0.2, 0.25) is 0 Å². The summed E-state index contributed by atoms with van der Waals surface area (Å²) in [4.78, 5) is 13.2. The van der Waals surface area contributed by atoms with Crippen LogP contribution >= 0.6 is 0 Å². The Kier molecular flexibility index (Phi) is 21.1. The average Bonchev–Trinajstić information content (AvgIpc) is 1.32. The van der Waals surface area contributed by atoms with Gasteiger partial charge in [-0.15, -0.1) is 0 Å². The molecule has 86 heavy (non-hydrogen) atoms. The van der Waals surface area contributed by atoms with Crippen molar-refractivity contribution in [1.82, 2.24) is 0 Å². The number of Topliss-reactive ketones (excluding diaryl/α,β-unsaturated/α-hetero) is 1. The molecule has 0 spiro atoms. The normalized spacial score (nSPS) is 51.7. The summed E-state index contributed by atoms with van der Waals surface area (Å²) in [5.74, 6) is -0.861. The van der Waals surface area contributed by atoms with E-state index in [0.29, 0.717) is 38.5 Å². The second kappa shape index (κ2) is 26.4. The van der Waals surface area contributed by atoms with Crippen molar-refractivity contribution in [2.24, 2.45) is 40.4 Å². The van der Waals surface area contributed by atoms with Crippen molar-refractivity contribution in [2.75, 3.05) is 6.61 Å². The van der Waals surface area contributed by atoms with Gasteiger partial charge in [-0.05, 0) is 120 Å². The predicted octanol–water partition coefficient (Wildman–Crippen LogP) is -2.29. The third kappa shape index (κ3) is 13.4. The fourth-order valence-corrected chi connectivity index (χ4v) is 16.5. The minimum absolute atomic E-state index is 0.00419. The number of aliphatic hydroxyl groups is 13. The molecule has 5 heterocycles. The molecule has 0 amide bonds. The van der Waals surface area contributed by atoms with E-state index in [1.165, 1.54) is 27.7 Å². The average molecular weight is 1260 g/mol. The lowest BCUT2D eigenvalue weighted by Gasteiger charge is -2.60. The standard InChI is InChI=1S/C57H94O28S/c1-21(2)16-26(59)19-57(9,71)34-11-10-29-28-18-32(31-17-27(85-86(72,73)74)12-14-55(31,7)30(28)13-15-56(29,34)8)79-52-45(70)47(38(63)25(6)77-52)82-54-49(84-51-43(68)40(65)36(61)23(4)76-51)44(69)46(33(20-58)80-54)81-53-48(41(66)37(62)24(5)78-53)83-50-42(67)39(64)35(60)22(3)75-50/h13,21-25,27-29,31-54,58,60-71H,10-12,14-20H2,1-9H3,(H,72,73,74)/t22-,23-,24-,25-,27+,28+,29+,31-,32+,33-,34+,35+,36-,37-,38-,39+,40+,41+,42-,43-,44+,45-,46-,47+,48-,49-,50+,51+,52+,53+,54+,55-,56+,57+/m1/s1. The molecule has 0 radical (unpaired) electrons. The lowest BCUT2D eigenvalue weighted by Crippen LogP contribution is -2.68. The van der Waals surface area contributed by atoms with Crippen LogP contribution in [0.4, 0.5) is 0 Å². The van der Waals surface area contributed by atoms with Gasteiger partial charge in [0.25, 0.3) is 0 Å².